The van der Waals surface area contributed by atoms with Gasteiger partial charge in [0.05, 0.1) is 0 Å². The Kier molecular flexibility index (Phi) is 8.08. The quantitative estimate of drug-likeness (QED) is 0.141. The van der Waals surface area contributed by atoms with E-state index in [2.05, 4.69) is 182 Å². The van der Waals surface area contributed by atoms with E-state index in [-0.39, 0.29) is 12.4 Å². The third kappa shape index (κ3) is 4.41. The monoisotopic (exact) mass is 542 g/mol. The van der Waals surface area contributed by atoms with Crippen molar-refractivity contribution in [3.05, 3.63) is 199 Å². The summed E-state index contributed by atoms with van der Waals surface area (Å²) in [7, 11) is -2.93. The second-order valence-corrected chi connectivity index (χ2v) is 13.7. The zero-order valence-corrected chi connectivity index (χ0v) is 23.5. The average molecular weight is 543 g/mol. The molecule has 0 aromatic heterocycles. The Morgan fingerprint density at radius 3 is 0.718 bits per heavy atom. The Morgan fingerprint density at radius 1 is 0.282 bits per heavy atom. The van der Waals surface area contributed by atoms with E-state index in [0.29, 0.717) is 0 Å². The van der Waals surface area contributed by atoms with Gasteiger partial charge >= 0.3 is 227 Å². The third-order valence-electron chi connectivity index (χ3n) is 7.80. The fourth-order valence-electron chi connectivity index (χ4n) is 6.43. The van der Waals surface area contributed by atoms with Crippen molar-refractivity contribution in [3.8, 4) is 0 Å². The van der Waals surface area contributed by atoms with Crippen LogP contribution in [0.25, 0.3) is 0 Å². The molecule has 39 heavy (non-hydrogen) atoms. The van der Waals surface area contributed by atoms with Crippen molar-refractivity contribution in [1.29, 1.82) is 0 Å². The second-order valence-electron chi connectivity index (χ2n) is 9.70. The standard InChI is InChI=1S/C37H31P.ClH/c1-7-19-31(20-8-1)37(32-21-9-2-10-22-32,33-23-11-3-12-24-33)38(34-25-13-4-14-26-34,35-27-15-5-16-28-35)36-29-17-6-18-30-36;/h1-30,38H;1H. The Bertz CT molecular complexity index is 1250. The van der Waals surface area contributed by atoms with Crippen molar-refractivity contribution in [2.75, 3.05) is 0 Å². The van der Waals surface area contributed by atoms with Gasteiger partial charge in [0.25, 0.3) is 0 Å². The van der Waals surface area contributed by atoms with E-state index in [1.807, 2.05) is 0 Å². The predicted molar refractivity (Wildman–Crippen MR) is 173 cm³/mol. The fraction of sp³-hybridized carbons (Fsp3) is 0.0270. The van der Waals surface area contributed by atoms with Gasteiger partial charge in [0, 0.05) is 0 Å². The molecule has 0 N–H and O–H groups in total. The summed E-state index contributed by atoms with van der Waals surface area (Å²) in [6.45, 7) is 0. The number of hydrogen-bond acceptors (Lipinski definition) is 0. The summed E-state index contributed by atoms with van der Waals surface area (Å²) < 4.78 is 0. The Labute approximate surface area is 238 Å². The topological polar surface area (TPSA) is 0 Å². The maximum absolute atomic E-state index is 2.93. The van der Waals surface area contributed by atoms with Gasteiger partial charge in [-0.05, 0) is 0 Å². The van der Waals surface area contributed by atoms with Gasteiger partial charge in [-0.3, -0.25) is 0 Å². The molecular weight excluding hydrogens is 511 g/mol. The SMILES string of the molecule is Cl.c1ccc(C(c2ccccc2)(c2ccccc2)[PH](c2ccccc2)(c2ccccc2)c2ccccc2)cc1. The zero-order chi connectivity index (χ0) is 25.7. The van der Waals surface area contributed by atoms with Crippen LogP contribution in [-0.2, 0) is 5.16 Å². The Morgan fingerprint density at radius 2 is 0.487 bits per heavy atom. The molecule has 0 aliphatic carbocycles. The molecule has 0 amide bonds. The summed E-state index contributed by atoms with van der Waals surface area (Å²) in [6.07, 6.45) is 0. The number of halogens is 1. The summed E-state index contributed by atoms with van der Waals surface area (Å²) in [5, 5.41) is 3.69. The van der Waals surface area contributed by atoms with Crippen LogP contribution in [0.3, 0.4) is 0 Å². The van der Waals surface area contributed by atoms with Crippen LogP contribution in [-0.4, -0.2) is 0 Å². The van der Waals surface area contributed by atoms with Crippen LogP contribution in [0, 0.1) is 0 Å². The molecule has 0 radical (unpaired) electrons. The number of hydrogen-bond donors (Lipinski definition) is 0. The maximum atomic E-state index is 2.36. The van der Waals surface area contributed by atoms with Crippen LogP contribution in [0.5, 0.6) is 0 Å². The first kappa shape index (κ1) is 26.6. The van der Waals surface area contributed by atoms with Gasteiger partial charge in [0.15, 0.2) is 0 Å². The normalized spacial score (nSPS) is 11.8. The Hall–Kier alpha value is -3.96. The molecule has 0 bridgehead atoms. The first-order valence-corrected chi connectivity index (χ1v) is 15.2. The molecule has 192 valence electrons. The van der Waals surface area contributed by atoms with Gasteiger partial charge in [-0.2, -0.15) is 0 Å². The summed E-state index contributed by atoms with van der Waals surface area (Å²) in [5.41, 5.74) is 3.92. The van der Waals surface area contributed by atoms with Crippen LogP contribution in [0.2, 0.25) is 0 Å². The molecule has 0 saturated carbocycles. The fourth-order valence-corrected chi connectivity index (χ4v) is 12.6. The molecule has 0 nitrogen and oxygen atoms in total. The van der Waals surface area contributed by atoms with Crippen LogP contribution in [0.15, 0.2) is 182 Å². The van der Waals surface area contributed by atoms with Gasteiger partial charge in [-0.15, -0.1) is 12.4 Å². The van der Waals surface area contributed by atoms with Gasteiger partial charge in [-0.1, -0.05) is 0 Å². The van der Waals surface area contributed by atoms with E-state index in [9.17, 15) is 0 Å². The van der Waals surface area contributed by atoms with E-state index >= 15 is 0 Å². The van der Waals surface area contributed by atoms with Gasteiger partial charge < -0.3 is 0 Å². The van der Waals surface area contributed by atoms with Crippen molar-refractivity contribution < 1.29 is 0 Å². The van der Waals surface area contributed by atoms with E-state index in [1.54, 1.807) is 0 Å². The molecule has 6 aromatic carbocycles. The molecule has 0 fully saturated rings. The Balaban J connectivity index is 0.00000308. The molecule has 6 aromatic rings. The van der Waals surface area contributed by atoms with Crippen molar-refractivity contribution in [2.24, 2.45) is 0 Å². The molecule has 0 unspecified atom stereocenters. The van der Waals surface area contributed by atoms with Crippen LogP contribution in [0.1, 0.15) is 16.7 Å². The van der Waals surface area contributed by atoms with Crippen molar-refractivity contribution in [2.45, 2.75) is 5.16 Å². The third-order valence-corrected chi connectivity index (χ3v) is 13.4. The molecule has 0 aliphatic rings. The summed E-state index contributed by atoms with van der Waals surface area (Å²) in [4.78, 5) is 0. The first-order chi connectivity index (χ1) is 18.9. The molecular formula is C37H32ClP. The summed E-state index contributed by atoms with van der Waals surface area (Å²) in [5.74, 6) is 0. The molecule has 6 rings (SSSR count). The minimum absolute atomic E-state index is 0. The van der Waals surface area contributed by atoms with Gasteiger partial charge in [0.2, 0.25) is 0 Å². The van der Waals surface area contributed by atoms with Crippen molar-refractivity contribution in [3.63, 3.8) is 0 Å². The molecule has 0 spiro atoms. The van der Waals surface area contributed by atoms with Crippen LogP contribution in [0.4, 0.5) is 0 Å². The van der Waals surface area contributed by atoms with Crippen LogP contribution < -0.4 is 15.9 Å². The summed E-state index contributed by atoms with van der Waals surface area (Å²) in [6, 6.07) is 67.3. The van der Waals surface area contributed by atoms with Crippen molar-refractivity contribution in [1.82, 2.24) is 0 Å². The van der Waals surface area contributed by atoms with Crippen LogP contribution >= 0.6 is 19.7 Å². The number of rotatable bonds is 7. The average Bonchev–Trinajstić information content (AvgIpc) is 3.02. The van der Waals surface area contributed by atoms with Crippen molar-refractivity contribution >= 4 is 35.6 Å². The van der Waals surface area contributed by atoms with E-state index < -0.39 is 12.4 Å². The molecule has 0 aliphatic heterocycles. The minimum atomic E-state index is -2.93. The molecule has 2 heteroatoms. The van der Waals surface area contributed by atoms with Gasteiger partial charge in [0.1, 0.15) is 0 Å². The summed E-state index contributed by atoms with van der Waals surface area (Å²) >= 11 is 0. The molecule has 0 saturated heterocycles. The van der Waals surface area contributed by atoms with E-state index in [1.165, 1.54) is 32.6 Å². The first-order valence-electron chi connectivity index (χ1n) is 13.2. The number of benzene rings is 6. The molecule has 0 atom stereocenters. The predicted octanol–water partition coefficient (Wildman–Crippen LogP) is 8.13. The zero-order valence-electron chi connectivity index (χ0n) is 21.7. The van der Waals surface area contributed by atoms with E-state index in [4.69, 9.17) is 0 Å². The van der Waals surface area contributed by atoms with E-state index in [0.717, 1.165) is 0 Å². The second kappa shape index (κ2) is 11.8. The molecule has 0 heterocycles. The van der Waals surface area contributed by atoms with Gasteiger partial charge in [-0.25, -0.2) is 0 Å².